The highest BCUT2D eigenvalue weighted by Crippen LogP contribution is 2.38. The first kappa shape index (κ1) is 22.6. The standard InChI is InChI=1S/C33H21BrN4/c34-25-20-18-22(19-21-25)26-15-9-17-29-30(26)27-14-7-8-16-28(27)38(29)33-36-31(23-10-3-1-4-11-23)35-32(37-33)24-12-5-2-6-13-24/h1-21H. The van der Waals surface area contributed by atoms with Crippen molar-refractivity contribution >= 4 is 37.7 Å². The normalized spacial score (nSPS) is 11.3. The summed E-state index contributed by atoms with van der Waals surface area (Å²) in [5.41, 5.74) is 6.33. The molecule has 0 N–H and O–H groups in total. The monoisotopic (exact) mass is 552 g/mol. The van der Waals surface area contributed by atoms with Crippen LogP contribution in [-0.4, -0.2) is 19.5 Å². The highest BCUT2D eigenvalue weighted by molar-refractivity contribution is 9.10. The van der Waals surface area contributed by atoms with Crippen LogP contribution in [0, 0.1) is 0 Å². The van der Waals surface area contributed by atoms with Crippen LogP contribution in [0.25, 0.3) is 61.7 Å². The molecule has 0 aliphatic heterocycles. The Balaban J connectivity index is 1.55. The largest absolute Gasteiger partial charge is 0.278 e. The number of benzene rings is 5. The third-order valence-electron chi connectivity index (χ3n) is 6.74. The molecule has 0 saturated carbocycles. The van der Waals surface area contributed by atoms with Gasteiger partial charge in [-0.05, 0) is 35.4 Å². The van der Waals surface area contributed by atoms with E-state index in [9.17, 15) is 0 Å². The zero-order valence-corrected chi connectivity index (χ0v) is 21.9. The zero-order valence-electron chi connectivity index (χ0n) is 20.3. The zero-order chi connectivity index (χ0) is 25.5. The van der Waals surface area contributed by atoms with Gasteiger partial charge in [-0.1, -0.05) is 119 Å². The Hall–Kier alpha value is -4.61. The van der Waals surface area contributed by atoms with Gasteiger partial charge in [0.15, 0.2) is 11.6 Å². The molecule has 2 heterocycles. The molecule has 5 aromatic carbocycles. The molecule has 2 aromatic heterocycles. The lowest BCUT2D eigenvalue weighted by Gasteiger charge is -2.11. The van der Waals surface area contributed by atoms with Gasteiger partial charge in [-0.25, -0.2) is 4.98 Å². The molecule has 7 aromatic rings. The van der Waals surface area contributed by atoms with Crippen LogP contribution in [0.5, 0.6) is 0 Å². The topological polar surface area (TPSA) is 43.6 Å². The Morgan fingerprint density at radius 2 is 1.05 bits per heavy atom. The van der Waals surface area contributed by atoms with E-state index in [1.807, 2.05) is 60.7 Å². The number of fused-ring (bicyclic) bond motifs is 3. The van der Waals surface area contributed by atoms with Gasteiger partial charge in [0.1, 0.15) is 0 Å². The number of halogens is 1. The molecule has 7 rings (SSSR count). The number of aromatic nitrogens is 4. The third kappa shape index (κ3) is 3.88. The SMILES string of the molecule is Brc1ccc(-c2cccc3c2c2ccccc2n3-c2nc(-c3ccccc3)nc(-c3ccccc3)n2)cc1. The molecule has 0 bridgehead atoms. The minimum atomic E-state index is 0.594. The van der Waals surface area contributed by atoms with Crippen LogP contribution in [0.1, 0.15) is 0 Å². The Morgan fingerprint density at radius 3 is 1.71 bits per heavy atom. The molecule has 4 nitrogen and oxygen atoms in total. The van der Waals surface area contributed by atoms with Crippen LogP contribution in [0.15, 0.2) is 132 Å². The highest BCUT2D eigenvalue weighted by Gasteiger charge is 2.19. The van der Waals surface area contributed by atoms with Crippen molar-refractivity contribution in [3.8, 4) is 39.9 Å². The smallest absolute Gasteiger partial charge is 0.238 e. The lowest BCUT2D eigenvalue weighted by Crippen LogP contribution is -2.06. The van der Waals surface area contributed by atoms with E-state index in [2.05, 4.69) is 87.2 Å². The summed E-state index contributed by atoms with van der Waals surface area (Å²) in [5.74, 6) is 1.88. The van der Waals surface area contributed by atoms with E-state index in [1.165, 1.54) is 10.9 Å². The Bertz CT molecular complexity index is 1850. The first-order valence-electron chi connectivity index (χ1n) is 12.4. The lowest BCUT2D eigenvalue weighted by molar-refractivity contribution is 0.953. The van der Waals surface area contributed by atoms with Crippen molar-refractivity contribution in [2.75, 3.05) is 0 Å². The average Bonchev–Trinajstić information content (AvgIpc) is 3.33. The molecular formula is C33H21BrN4. The van der Waals surface area contributed by atoms with Gasteiger partial charge in [0.2, 0.25) is 5.95 Å². The van der Waals surface area contributed by atoms with E-state index in [0.717, 1.165) is 37.6 Å². The Kier molecular flexibility index (Phi) is 5.56. The van der Waals surface area contributed by atoms with Gasteiger partial charge in [0.05, 0.1) is 11.0 Å². The lowest BCUT2D eigenvalue weighted by atomic mass is 9.99. The van der Waals surface area contributed by atoms with Gasteiger partial charge in [0, 0.05) is 26.4 Å². The minimum Gasteiger partial charge on any atom is -0.278 e. The number of nitrogens with zero attached hydrogens (tertiary/aromatic N) is 4. The maximum absolute atomic E-state index is 5.02. The molecule has 0 aliphatic carbocycles. The predicted octanol–water partition coefficient (Wildman–Crippen LogP) is 8.73. The summed E-state index contributed by atoms with van der Waals surface area (Å²) in [6, 6.07) is 43.5. The fourth-order valence-electron chi connectivity index (χ4n) is 5.00. The van der Waals surface area contributed by atoms with Crippen LogP contribution in [0.3, 0.4) is 0 Å². The van der Waals surface area contributed by atoms with Crippen molar-refractivity contribution in [3.05, 3.63) is 132 Å². The maximum Gasteiger partial charge on any atom is 0.238 e. The molecule has 0 aliphatic rings. The first-order valence-corrected chi connectivity index (χ1v) is 13.2. The molecule has 0 unspecified atom stereocenters. The predicted molar refractivity (Wildman–Crippen MR) is 158 cm³/mol. The number of hydrogen-bond donors (Lipinski definition) is 0. The first-order chi connectivity index (χ1) is 18.8. The third-order valence-corrected chi connectivity index (χ3v) is 7.27. The van der Waals surface area contributed by atoms with E-state index in [4.69, 9.17) is 15.0 Å². The second kappa shape index (κ2) is 9.36. The van der Waals surface area contributed by atoms with Crippen LogP contribution >= 0.6 is 15.9 Å². The summed E-state index contributed by atoms with van der Waals surface area (Å²) in [4.78, 5) is 14.9. The van der Waals surface area contributed by atoms with Gasteiger partial charge in [-0.2, -0.15) is 9.97 Å². The molecule has 0 fully saturated rings. The molecule has 38 heavy (non-hydrogen) atoms. The summed E-state index contributed by atoms with van der Waals surface area (Å²) in [7, 11) is 0. The molecule has 0 radical (unpaired) electrons. The molecule has 180 valence electrons. The Labute approximate surface area is 228 Å². The second-order valence-corrected chi connectivity index (χ2v) is 9.99. The second-order valence-electron chi connectivity index (χ2n) is 9.07. The van der Waals surface area contributed by atoms with Crippen molar-refractivity contribution in [2.24, 2.45) is 0 Å². The minimum absolute atomic E-state index is 0.594. The number of para-hydroxylation sites is 1. The van der Waals surface area contributed by atoms with Crippen molar-refractivity contribution in [1.82, 2.24) is 19.5 Å². The van der Waals surface area contributed by atoms with Crippen molar-refractivity contribution in [2.45, 2.75) is 0 Å². The van der Waals surface area contributed by atoms with Crippen LogP contribution in [0.4, 0.5) is 0 Å². The summed E-state index contributed by atoms with van der Waals surface area (Å²) in [6.45, 7) is 0. The van der Waals surface area contributed by atoms with Gasteiger partial charge in [-0.15, -0.1) is 0 Å². The van der Waals surface area contributed by atoms with E-state index < -0.39 is 0 Å². The summed E-state index contributed by atoms with van der Waals surface area (Å²) in [5, 5.41) is 2.33. The fraction of sp³-hybridized carbons (Fsp3) is 0. The van der Waals surface area contributed by atoms with Crippen LogP contribution in [0.2, 0.25) is 0 Å². The molecule has 0 saturated heterocycles. The van der Waals surface area contributed by atoms with Gasteiger partial charge >= 0.3 is 0 Å². The summed E-state index contributed by atoms with van der Waals surface area (Å²) >= 11 is 3.57. The quantitative estimate of drug-likeness (QED) is 0.219. The fourth-order valence-corrected chi connectivity index (χ4v) is 5.27. The van der Waals surface area contributed by atoms with Crippen LogP contribution in [-0.2, 0) is 0 Å². The van der Waals surface area contributed by atoms with E-state index in [1.54, 1.807) is 0 Å². The Morgan fingerprint density at radius 1 is 0.474 bits per heavy atom. The van der Waals surface area contributed by atoms with E-state index in [0.29, 0.717) is 17.6 Å². The summed E-state index contributed by atoms with van der Waals surface area (Å²) < 4.78 is 3.22. The maximum atomic E-state index is 5.02. The van der Waals surface area contributed by atoms with Crippen molar-refractivity contribution in [3.63, 3.8) is 0 Å². The van der Waals surface area contributed by atoms with Crippen molar-refractivity contribution < 1.29 is 0 Å². The highest BCUT2D eigenvalue weighted by atomic mass is 79.9. The van der Waals surface area contributed by atoms with Crippen molar-refractivity contribution in [1.29, 1.82) is 0 Å². The van der Waals surface area contributed by atoms with Gasteiger partial charge in [-0.3, -0.25) is 4.57 Å². The van der Waals surface area contributed by atoms with Crippen LogP contribution < -0.4 is 0 Å². The van der Waals surface area contributed by atoms with E-state index in [-0.39, 0.29) is 0 Å². The number of rotatable bonds is 4. The number of hydrogen-bond acceptors (Lipinski definition) is 3. The molecule has 5 heteroatoms. The van der Waals surface area contributed by atoms with Gasteiger partial charge < -0.3 is 0 Å². The average molecular weight is 553 g/mol. The molecular weight excluding hydrogens is 532 g/mol. The van der Waals surface area contributed by atoms with E-state index >= 15 is 0 Å². The van der Waals surface area contributed by atoms with Gasteiger partial charge in [0.25, 0.3) is 0 Å². The molecule has 0 atom stereocenters. The molecule has 0 amide bonds. The summed E-state index contributed by atoms with van der Waals surface area (Å²) in [6.07, 6.45) is 0. The molecule has 0 spiro atoms.